The summed E-state index contributed by atoms with van der Waals surface area (Å²) in [6, 6.07) is 1.09. The molecule has 0 aromatic carbocycles. The molecule has 1 aliphatic heterocycles. The molecule has 2 rings (SSSR count). The number of aliphatic hydroxyl groups excluding tert-OH is 3. The van der Waals surface area contributed by atoms with E-state index in [0.29, 0.717) is 0 Å². The zero-order chi connectivity index (χ0) is 12.6. The Hall–Kier alpha value is -1.48. The van der Waals surface area contributed by atoms with E-state index in [9.17, 15) is 19.8 Å². The number of hydrogen-bond donors (Lipinski definition) is 4. The van der Waals surface area contributed by atoms with Gasteiger partial charge in [0.2, 0.25) is 0 Å². The lowest BCUT2D eigenvalue weighted by Crippen LogP contribution is -2.37. The van der Waals surface area contributed by atoms with Gasteiger partial charge in [0.1, 0.15) is 18.3 Å². The molecule has 1 aromatic rings. The van der Waals surface area contributed by atoms with Gasteiger partial charge < -0.3 is 20.1 Å². The Balaban J connectivity index is 2.35. The number of hydrogen-bond acceptors (Lipinski definition) is 6. The molecular weight excluding hydrogens is 235 g/mol. The highest BCUT2D eigenvalue weighted by atomic mass is 16.6. The molecule has 17 heavy (non-hydrogen) atoms. The molecule has 1 aromatic heterocycles. The van der Waals surface area contributed by atoms with Gasteiger partial charge in [-0.25, -0.2) is 4.79 Å². The fraction of sp³-hybridized carbons (Fsp3) is 0.556. The van der Waals surface area contributed by atoms with Crippen LogP contribution in [0.5, 0.6) is 0 Å². The lowest BCUT2D eigenvalue weighted by molar-refractivity contribution is -0.0550. The summed E-state index contributed by atoms with van der Waals surface area (Å²) >= 11 is 0. The maximum Gasteiger partial charge on any atom is 0.330 e. The van der Waals surface area contributed by atoms with Crippen molar-refractivity contribution in [3.8, 4) is 0 Å². The minimum Gasteiger partial charge on any atom is -0.394 e. The molecule has 1 aliphatic rings. The van der Waals surface area contributed by atoms with Crippen molar-refractivity contribution in [1.29, 1.82) is 0 Å². The number of aromatic amines is 1. The van der Waals surface area contributed by atoms with Gasteiger partial charge in [0.15, 0.2) is 6.23 Å². The molecule has 8 heteroatoms. The molecule has 0 saturated carbocycles. The van der Waals surface area contributed by atoms with E-state index < -0.39 is 42.4 Å². The highest BCUT2D eigenvalue weighted by Crippen LogP contribution is 2.27. The maximum absolute atomic E-state index is 11.4. The van der Waals surface area contributed by atoms with E-state index in [1.165, 1.54) is 0 Å². The maximum atomic E-state index is 11.4. The third-order valence-electron chi connectivity index (χ3n) is 2.64. The largest absolute Gasteiger partial charge is 0.394 e. The van der Waals surface area contributed by atoms with Crippen molar-refractivity contribution in [2.45, 2.75) is 24.5 Å². The molecule has 4 atom stereocenters. The summed E-state index contributed by atoms with van der Waals surface area (Å²) < 4.78 is 6.08. The fourth-order valence-corrected chi connectivity index (χ4v) is 1.74. The summed E-state index contributed by atoms with van der Waals surface area (Å²) in [6.07, 6.45) is -3.58. The third-order valence-corrected chi connectivity index (χ3v) is 2.64. The van der Waals surface area contributed by atoms with Crippen LogP contribution in [0, 0.1) is 0 Å². The number of rotatable bonds is 2. The molecule has 8 nitrogen and oxygen atoms in total. The second-order valence-electron chi connectivity index (χ2n) is 3.75. The number of ether oxygens (including phenoxy) is 1. The highest BCUT2D eigenvalue weighted by Gasteiger charge is 2.43. The van der Waals surface area contributed by atoms with Gasteiger partial charge in [-0.2, -0.15) is 0 Å². The summed E-state index contributed by atoms with van der Waals surface area (Å²) in [6.45, 7) is -0.479. The van der Waals surface area contributed by atoms with Crippen LogP contribution in [0.3, 0.4) is 0 Å². The van der Waals surface area contributed by atoms with Gasteiger partial charge in [0.25, 0.3) is 5.56 Å². The smallest absolute Gasteiger partial charge is 0.330 e. The van der Waals surface area contributed by atoms with Gasteiger partial charge in [-0.05, 0) is 0 Å². The molecule has 4 N–H and O–H groups in total. The number of aromatic nitrogens is 2. The summed E-state index contributed by atoms with van der Waals surface area (Å²) in [5.74, 6) is 0. The van der Waals surface area contributed by atoms with Crippen LogP contribution in [0.15, 0.2) is 21.9 Å². The lowest BCUT2D eigenvalue weighted by atomic mass is 10.1. The van der Waals surface area contributed by atoms with Crippen LogP contribution in [-0.4, -0.2) is 49.8 Å². The van der Waals surface area contributed by atoms with E-state index in [4.69, 9.17) is 9.84 Å². The highest BCUT2D eigenvalue weighted by molar-refractivity contribution is 4.92. The van der Waals surface area contributed by atoms with Crippen LogP contribution in [0.25, 0.3) is 0 Å². The second-order valence-corrected chi connectivity index (χ2v) is 3.75. The van der Waals surface area contributed by atoms with Gasteiger partial charge in [-0.3, -0.25) is 14.3 Å². The van der Waals surface area contributed by atoms with Crippen molar-refractivity contribution >= 4 is 0 Å². The normalized spacial score (nSPS) is 32.9. The van der Waals surface area contributed by atoms with Gasteiger partial charge in [-0.15, -0.1) is 0 Å². The van der Waals surface area contributed by atoms with Crippen LogP contribution in [0.4, 0.5) is 0 Å². The standard InChI is InChI=1S/C9H12N2O6/c12-3-4-6(14)7(15)8(17-4)11-2-1-5(13)10-9(11)16/h1-2,4,6-8,12,14-15H,3H2,(H,10,13,16)/t4-,6-,7+,8-/m1/s1/i9+1,10+1,11+1. The van der Waals surface area contributed by atoms with Crippen molar-refractivity contribution in [2.75, 3.05) is 6.61 Å². The van der Waals surface area contributed by atoms with E-state index in [0.717, 1.165) is 16.8 Å². The third kappa shape index (κ3) is 2.03. The molecule has 2 heterocycles. The van der Waals surface area contributed by atoms with Gasteiger partial charge in [-0.1, -0.05) is 0 Å². The van der Waals surface area contributed by atoms with Crippen molar-refractivity contribution in [3.63, 3.8) is 0 Å². The average Bonchev–Trinajstić information content (AvgIpc) is 2.57. The summed E-state index contributed by atoms with van der Waals surface area (Å²) in [5.41, 5.74) is -1.33. The molecule has 0 amide bonds. The van der Waals surface area contributed by atoms with Gasteiger partial charge in [0, 0.05) is 12.3 Å². The van der Waals surface area contributed by atoms with E-state index in [-0.39, 0.29) is 0 Å². The molecule has 0 radical (unpaired) electrons. The van der Waals surface area contributed by atoms with Gasteiger partial charge >= 0.3 is 5.69 Å². The second kappa shape index (κ2) is 4.41. The summed E-state index contributed by atoms with van der Waals surface area (Å²) in [5, 5.41) is 28.1. The number of nitrogens with one attached hydrogen (secondary N) is 1. The predicted molar refractivity (Wildman–Crippen MR) is 54.3 cm³/mol. The molecule has 1 fully saturated rings. The van der Waals surface area contributed by atoms with E-state index >= 15 is 0 Å². The molecule has 94 valence electrons. The van der Waals surface area contributed by atoms with E-state index in [1.807, 2.05) is 4.98 Å². The zero-order valence-corrected chi connectivity index (χ0v) is 8.68. The first-order valence-electron chi connectivity index (χ1n) is 4.98. The molecule has 1 saturated heterocycles. The van der Waals surface area contributed by atoms with Crippen molar-refractivity contribution in [2.24, 2.45) is 0 Å². The minimum atomic E-state index is -1.35. The Bertz CT molecular complexity index is 509. The Kier molecular flexibility index (Phi) is 3.11. The predicted octanol–water partition coefficient (Wildman–Crippen LogP) is -2.85. The lowest BCUT2D eigenvalue weighted by Gasteiger charge is -2.16. The van der Waals surface area contributed by atoms with Crippen molar-refractivity contribution in [3.05, 3.63) is 33.1 Å². The van der Waals surface area contributed by atoms with Crippen LogP contribution in [0.2, 0.25) is 0 Å². The zero-order valence-electron chi connectivity index (χ0n) is 8.68. The summed E-state index contributed by atoms with van der Waals surface area (Å²) in [4.78, 5) is 24.3. The average molecular weight is 247 g/mol. The summed E-state index contributed by atoms with van der Waals surface area (Å²) in [7, 11) is 0. The van der Waals surface area contributed by atoms with Gasteiger partial charge in [0.05, 0.1) is 6.61 Å². The first-order chi connectivity index (χ1) is 8.04. The fourth-order valence-electron chi connectivity index (χ4n) is 1.74. The van der Waals surface area contributed by atoms with E-state index in [2.05, 4.69) is 0 Å². The Labute approximate surface area is 94.7 Å². The van der Waals surface area contributed by atoms with Crippen molar-refractivity contribution < 1.29 is 20.1 Å². The van der Waals surface area contributed by atoms with Crippen LogP contribution in [-0.2, 0) is 4.74 Å². The molecule has 0 aliphatic carbocycles. The molecular formula is C9H12N2O6. The molecule has 0 bridgehead atoms. The number of aliphatic hydroxyl groups is 3. The number of nitrogens with zero attached hydrogens (tertiary/aromatic N) is 1. The SMILES string of the molecule is O=c1cc[15n]([C@@H]2O[C@H](CO)[C@@H](O)[C@@H]2O)[13c](=O)[15nH]1. The minimum absolute atomic E-state index is 0.479. The monoisotopic (exact) mass is 247 g/mol. The number of H-pyrrole nitrogens is 1. The Morgan fingerprint density at radius 2 is 2.06 bits per heavy atom. The van der Waals surface area contributed by atoms with Crippen LogP contribution >= 0.6 is 0 Å². The van der Waals surface area contributed by atoms with Crippen LogP contribution in [0.1, 0.15) is 6.23 Å². The van der Waals surface area contributed by atoms with Crippen LogP contribution < -0.4 is 11.2 Å². The Morgan fingerprint density at radius 3 is 2.59 bits per heavy atom. The van der Waals surface area contributed by atoms with E-state index in [1.54, 1.807) is 0 Å². The molecule has 0 spiro atoms. The first-order valence-corrected chi connectivity index (χ1v) is 4.98. The quantitative estimate of drug-likeness (QED) is 0.446. The topological polar surface area (TPSA) is 125 Å². The molecule has 0 unspecified atom stereocenters. The van der Waals surface area contributed by atoms with Crippen molar-refractivity contribution in [1.82, 2.24) is 9.55 Å². The Morgan fingerprint density at radius 1 is 1.35 bits per heavy atom. The first kappa shape index (κ1) is 12.0.